The van der Waals surface area contributed by atoms with Gasteiger partial charge in [0.05, 0.1) is 6.61 Å². The number of carbonyl (C=O) groups is 1. The van der Waals surface area contributed by atoms with E-state index in [0.717, 1.165) is 0 Å². The molecule has 0 atom stereocenters. The van der Waals surface area contributed by atoms with Gasteiger partial charge in [0, 0.05) is 12.6 Å². The summed E-state index contributed by atoms with van der Waals surface area (Å²) in [6, 6.07) is 0.0770. The van der Waals surface area contributed by atoms with Crippen molar-refractivity contribution in [3.8, 4) is 0 Å². The van der Waals surface area contributed by atoms with Gasteiger partial charge >= 0.3 is 0 Å². The zero-order chi connectivity index (χ0) is 11.3. The van der Waals surface area contributed by atoms with E-state index in [-0.39, 0.29) is 25.1 Å². The number of aliphatic hydroxyl groups excluding tert-OH is 1. The number of hydrogen-bond acceptors (Lipinski definition) is 4. The van der Waals surface area contributed by atoms with E-state index >= 15 is 0 Å². The third kappa shape index (κ3) is 3.32. The Morgan fingerprint density at radius 2 is 2.33 bits per heavy atom. The fourth-order valence-electron chi connectivity index (χ4n) is 1.32. The highest BCUT2D eigenvalue weighted by Gasteiger charge is 2.16. The highest BCUT2D eigenvalue weighted by molar-refractivity contribution is 5.76. The van der Waals surface area contributed by atoms with Gasteiger partial charge < -0.3 is 10.0 Å². The summed E-state index contributed by atoms with van der Waals surface area (Å²) in [5.74, 6) is -0.0652. The topological polar surface area (TPSA) is 71.2 Å². The molecule has 0 bridgehead atoms. The van der Waals surface area contributed by atoms with Crippen molar-refractivity contribution < 1.29 is 9.90 Å². The van der Waals surface area contributed by atoms with Gasteiger partial charge in [0.1, 0.15) is 19.2 Å². The van der Waals surface area contributed by atoms with Crippen LogP contribution in [0.3, 0.4) is 0 Å². The molecule has 1 N–H and O–H groups in total. The Balaban J connectivity index is 2.56. The molecule has 1 rings (SSSR count). The van der Waals surface area contributed by atoms with Crippen LogP contribution in [0.25, 0.3) is 0 Å². The van der Waals surface area contributed by atoms with E-state index in [0.29, 0.717) is 6.54 Å². The van der Waals surface area contributed by atoms with Crippen LogP contribution >= 0.6 is 0 Å². The van der Waals surface area contributed by atoms with E-state index in [9.17, 15) is 4.79 Å². The quantitative estimate of drug-likeness (QED) is 0.714. The SMILES string of the molecule is CC(C)N(CCO)C(=O)Cn1cncn1. The van der Waals surface area contributed by atoms with Crippen LogP contribution in [0.1, 0.15) is 13.8 Å². The van der Waals surface area contributed by atoms with E-state index in [1.54, 1.807) is 4.90 Å². The Hall–Kier alpha value is -1.43. The lowest BCUT2D eigenvalue weighted by molar-refractivity contribution is -0.134. The molecule has 84 valence electrons. The summed E-state index contributed by atoms with van der Waals surface area (Å²) in [5, 5.41) is 12.7. The minimum atomic E-state index is -0.0652. The van der Waals surface area contributed by atoms with Crippen molar-refractivity contribution in [2.45, 2.75) is 26.4 Å². The molecule has 1 amide bonds. The summed E-state index contributed by atoms with van der Waals surface area (Å²) in [4.78, 5) is 17.1. The minimum Gasteiger partial charge on any atom is -0.395 e. The van der Waals surface area contributed by atoms with Crippen LogP contribution in [0.4, 0.5) is 0 Å². The second kappa shape index (κ2) is 5.45. The average Bonchev–Trinajstić information content (AvgIpc) is 2.65. The molecule has 0 aliphatic heterocycles. The molecule has 0 spiro atoms. The number of aliphatic hydroxyl groups is 1. The van der Waals surface area contributed by atoms with Gasteiger partial charge in [0.2, 0.25) is 5.91 Å². The van der Waals surface area contributed by atoms with Crippen LogP contribution in [0.2, 0.25) is 0 Å². The van der Waals surface area contributed by atoms with Gasteiger partial charge in [-0.2, -0.15) is 5.10 Å². The normalized spacial score (nSPS) is 10.7. The lowest BCUT2D eigenvalue weighted by Gasteiger charge is -2.25. The van der Waals surface area contributed by atoms with Crippen LogP contribution in [0.15, 0.2) is 12.7 Å². The van der Waals surface area contributed by atoms with E-state index in [2.05, 4.69) is 10.1 Å². The van der Waals surface area contributed by atoms with Crippen LogP contribution in [-0.4, -0.2) is 49.9 Å². The molecule has 1 heterocycles. The van der Waals surface area contributed by atoms with Crippen molar-refractivity contribution in [3.05, 3.63) is 12.7 Å². The van der Waals surface area contributed by atoms with Crippen molar-refractivity contribution in [3.63, 3.8) is 0 Å². The van der Waals surface area contributed by atoms with Crippen molar-refractivity contribution in [2.75, 3.05) is 13.2 Å². The molecule has 0 unspecified atom stereocenters. The maximum atomic E-state index is 11.8. The highest BCUT2D eigenvalue weighted by Crippen LogP contribution is 1.99. The second-order valence-electron chi connectivity index (χ2n) is 3.50. The Labute approximate surface area is 88.5 Å². The van der Waals surface area contributed by atoms with Crippen molar-refractivity contribution in [1.29, 1.82) is 0 Å². The summed E-state index contributed by atoms with van der Waals surface area (Å²) in [6.07, 6.45) is 2.88. The van der Waals surface area contributed by atoms with Crippen LogP contribution in [0.5, 0.6) is 0 Å². The molecule has 0 radical (unpaired) electrons. The molecule has 0 aliphatic carbocycles. The number of amides is 1. The maximum Gasteiger partial charge on any atom is 0.244 e. The molecule has 1 aromatic rings. The van der Waals surface area contributed by atoms with Gasteiger partial charge in [-0.15, -0.1) is 0 Å². The predicted octanol–water partition coefficient (Wildman–Crippen LogP) is -0.493. The largest absolute Gasteiger partial charge is 0.395 e. The lowest BCUT2D eigenvalue weighted by atomic mass is 10.3. The molecule has 0 aromatic carbocycles. The third-order valence-electron chi connectivity index (χ3n) is 2.05. The Morgan fingerprint density at radius 1 is 1.60 bits per heavy atom. The Bertz CT molecular complexity index is 297. The van der Waals surface area contributed by atoms with Gasteiger partial charge in [0.25, 0.3) is 0 Å². The van der Waals surface area contributed by atoms with E-state index in [1.807, 2.05) is 13.8 Å². The van der Waals surface area contributed by atoms with E-state index in [1.165, 1.54) is 17.3 Å². The Morgan fingerprint density at radius 3 is 2.80 bits per heavy atom. The molecule has 0 aliphatic rings. The number of nitrogens with zero attached hydrogens (tertiary/aromatic N) is 4. The standard InChI is InChI=1S/C9H16N4O2/c1-8(2)13(3-4-14)9(15)5-12-7-10-6-11-12/h6-8,14H,3-5H2,1-2H3. The van der Waals surface area contributed by atoms with Crippen LogP contribution in [-0.2, 0) is 11.3 Å². The molecule has 6 heteroatoms. The lowest BCUT2D eigenvalue weighted by Crippen LogP contribution is -2.41. The third-order valence-corrected chi connectivity index (χ3v) is 2.05. The molecular weight excluding hydrogens is 196 g/mol. The number of carbonyl (C=O) groups excluding carboxylic acids is 1. The zero-order valence-electron chi connectivity index (χ0n) is 9.00. The van der Waals surface area contributed by atoms with Gasteiger partial charge in [-0.3, -0.25) is 4.79 Å². The molecule has 0 saturated carbocycles. The molecule has 15 heavy (non-hydrogen) atoms. The van der Waals surface area contributed by atoms with Crippen LogP contribution < -0.4 is 0 Å². The monoisotopic (exact) mass is 212 g/mol. The smallest absolute Gasteiger partial charge is 0.244 e. The van der Waals surface area contributed by atoms with Crippen LogP contribution in [0, 0.1) is 0 Å². The van der Waals surface area contributed by atoms with E-state index in [4.69, 9.17) is 5.11 Å². The van der Waals surface area contributed by atoms with Gasteiger partial charge in [-0.1, -0.05) is 0 Å². The number of aromatic nitrogens is 3. The molecule has 0 saturated heterocycles. The second-order valence-corrected chi connectivity index (χ2v) is 3.50. The highest BCUT2D eigenvalue weighted by atomic mass is 16.3. The summed E-state index contributed by atoms with van der Waals surface area (Å²) in [6.45, 7) is 4.31. The summed E-state index contributed by atoms with van der Waals surface area (Å²) in [5.41, 5.74) is 0. The summed E-state index contributed by atoms with van der Waals surface area (Å²) in [7, 11) is 0. The molecule has 6 nitrogen and oxygen atoms in total. The fourth-order valence-corrected chi connectivity index (χ4v) is 1.32. The number of hydrogen-bond donors (Lipinski definition) is 1. The summed E-state index contributed by atoms with van der Waals surface area (Å²) >= 11 is 0. The summed E-state index contributed by atoms with van der Waals surface area (Å²) < 4.78 is 1.47. The molecule has 1 aromatic heterocycles. The van der Waals surface area contributed by atoms with Gasteiger partial charge in [-0.25, -0.2) is 9.67 Å². The average molecular weight is 212 g/mol. The van der Waals surface area contributed by atoms with Gasteiger partial charge in [-0.05, 0) is 13.8 Å². The zero-order valence-corrected chi connectivity index (χ0v) is 9.00. The fraction of sp³-hybridized carbons (Fsp3) is 0.667. The number of rotatable bonds is 5. The minimum absolute atomic E-state index is 0.0265. The first-order valence-electron chi connectivity index (χ1n) is 4.88. The first kappa shape index (κ1) is 11.6. The first-order chi connectivity index (χ1) is 7.15. The van der Waals surface area contributed by atoms with E-state index < -0.39 is 0 Å². The molecular formula is C9H16N4O2. The maximum absolute atomic E-state index is 11.8. The Kier molecular flexibility index (Phi) is 4.23. The predicted molar refractivity (Wildman–Crippen MR) is 54.0 cm³/mol. The van der Waals surface area contributed by atoms with Crippen molar-refractivity contribution in [1.82, 2.24) is 19.7 Å². The van der Waals surface area contributed by atoms with Crippen molar-refractivity contribution in [2.24, 2.45) is 0 Å². The van der Waals surface area contributed by atoms with Gasteiger partial charge in [0.15, 0.2) is 0 Å². The molecule has 0 fully saturated rings. The first-order valence-corrected chi connectivity index (χ1v) is 4.88. The van der Waals surface area contributed by atoms with Crippen molar-refractivity contribution >= 4 is 5.91 Å².